The predicted octanol–water partition coefficient (Wildman–Crippen LogP) is 10.2. The van der Waals surface area contributed by atoms with Gasteiger partial charge < -0.3 is 4.89 Å². The lowest BCUT2D eigenvalue weighted by molar-refractivity contribution is 0.145. The minimum atomic E-state index is -3.86. The van der Waals surface area contributed by atoms with E-state index in [9.17, 15) is 9.46 Å². The van der Waals surface area contributed by atoms with E-state index in [-0.39, 0.29) is 0 Å². The molecule has 0 aliphatic carbocycles. The van der Waals surface area contributed by atoms with Crippen molar-refractivity contribution >= 4 is 7.82 Å². The minimum absolute atomic E-state index is 0.320. The van der Waals surface area contributed by atoms with Crippen molar-refractivity contribution in [1.29, 1.82) is 0 Å². The second kappa shape index (κ2) is 23.8. The molecule has 0 radical (unpaired) electrons. The molecule has 0 saturated heterocycles. The van der Waals surface area contributed by atoms with Crippen molar-refractivity contribution in [3.63, 3.8) is 0 Å². The van der Waals surface area contributed by atoms with Crippen LogP contribution < -0.4 is 0 Å². The number of hydrogen-bond donors (Lipinski definition) is 1. The van der Waals surface area contributed by atoms with Crippen molar-refractivity contribution < 1.29 is 18.5 Å². The van der Waals surface area contributed by atoms with Gasteiger partial charge in [0.15, 0.2) is 0 Å². The molecule has 200 valence electrons. The fourth-order valence-electron chi connectivity index (χ4n) is 4.18. The molecule has 0 aromatic heterocycles. The highest BCUT2D eigenvalue weighted by atomic mass is 31.2. The largest absolute Gasteiger partial charge is 0.472 e. The normalized spacial score (nSPS) is 12.3. The molecule has 0 bridgehead atoms. The van der Waals surface area contributed by atoms with Gasteiger partial charge in [-0.2, -0.15) is 0 Å². The van der Waals surface area contributed by atoms with Crippen LogP contribution in [0.5, 0.6) is 0 Å². The quantitative estimate of drug-likeness (QED) is 0.0967. The van der Waals surface area contributed by atoms with Gasteiger partial charge in [-0.15, -0.1) is 0 Å². The highest BCUT2D eigenvalue weighted by molar-refractivity contribution is 7.47. The Kier molecular flexibility index (Phi) is 23.9. The number of phosphoric acid groups is 1. The second-order valence-corrected chi connectivity index (χ2v) is 12.3. The Bertz CT molecular complexity index is 404. The van der Waals surface area contributed by atoms with Crippen molar-refractivity contribution in [2.24, 2.45) is 11.8 Å². The first-order valence-corrected chi connectivity index (χ1v) is 15.9. The molecule has 0 spiro atoms. The molecule has 0 heterocycles. The first kappa shape index (κ1) is 33.1. The Labute approximate surface area is 207 Å². The van der Waals surface area contributed by atoms with Gasteiger partial charge in [0.25, 0.3) is 0 Å². The summed E-state index contributed by atoms with van der Waals surface area (Å²) in [4.78, 5) is 9.78. The van der Waals surface area contributed by atoms with Crippen LogP contribution in [0, 0.1) is 11.8 Å². The van der Waals surface area contributed by atoms with E-state index in [1.807, 2.05) is 0 Å². The number of unbranched alkanes of at least 4 members (excludes halogenated alkanes) is 16. The number of rotatable bonds is 26. The van der Waals surface area contributed by atoms with Crippen LogP contribution in [-0.2, 0) is 13.6 Å². The average molecular weight is 491 g/mol. The van der Waals surface area contributed by atoms with Crippen LogP contribution in [0.15, 0.2) is 0 Å². The molecule has 33 heavy (non-hydrogen) atoms. The maximum atomic E-state index is 11.9. The Morgan fingerprint density at radius 3 is 1.00 bits per heavy atom. The van der Waals surface area contributed by atoms with E-state index in [0.29, 0.717) is 13.2 Å². The van der Waals surface area contributed by atoms with Crippen molar-refractivity contribution in [3.05, 3.63) is 0 Å². The van der Waals surface area contributed by atoms with Crippen molar-refractivity contribution in [1.82, 2.24) is 0 Å². The molecule has 0 rings (SSSR count). The summed E-state index contributed by atoms with van der Waals surface area (Å²) in [6, 6.07) is 0. The molecule has 0 saturated carbocycles. The fraction of sp³-hybridized carbons (Fsp3) is 1.00. The lowest BCUT2D eigenvalue weighted by Crippen LogP contribution is -1.99. The van der Waals surface area contributed by atoms with Gasteiger partial charge in [0, 0.05) is 0 Å². The van der Waals surface area contributed by atoms with Crippen LogP contribution in [0.3, 0.4) is 0 Å². The number of phosphoric ester groups is 1. The van der Waals surface area contributed by atoms with Gasteiger partial charge in [0.05, 0.1) is 13.2 Å². The van der Waals surface area contributed by atoms with Crippen LogP contribution in [0.2, 0.25) is 0 Å². The zero-order valence-corrected chi connectivity index (χ0v) is 23.7. The van der Waals surface area contributed by atoms with Gasteiger partial charge >= 0.3 is 7.82 Å². The summed E-state index contributed by atoms with van der Waals surface area (Å²) in [5, 5.41) is 0. The van der Waals surface area contributed by atoms with Crippen molar-refractivity contribution in [3.8, 4) is 0 Å². The van der Waals surface area contributed by atoms with E-state index in [1.54, 1.807) is 0 Å². The second-order valence-electron chi connectivity index (χ2n) is 10.9. The summed E-state index contributed by atoms with van der Waals surface area (Å²) in [6.07, 6.45) is 24.9. The third-order valence-corrected chi connectivity index (χ3v) is 7.38. The Morgan fingerprint density at radius 2 is 0.727 bits per heavy atom. The van der Waals surface area contributed by atoms with Gasteiger partial charge in [0.2, 0.25) is 0 Å². The predicted molar refractivity (Wildman–Crippen MR) is 144 cm³/mol. The minimum Gasteiger partial charge on any atom is -0.302 e. The first-order chi connectivity index (χ1) is 15.8. The Balaban J connectivity index is 3.32. The molecule has 0 unspecified atom stereocenters. The fourth-order valence-corrected chi connectivity index (χ4v) is 4.98. The summed E-state index contributed by atoms with van der Waals surface area (Å²) in [7, 11) is -3.86. The summed E-state index contributed by atoms with van der Waals surface area (Å²) in [5.41, 5.74) is 0. The number of hydrogen-bond acceptors (Lipinski definition) is 3. The summed E-state index contributed by atoms with van der Waals surface area (Å²) < 4.78 is 22.2. The first-order valence-electron chi connectivity index (χ1n) is 14.5. The molecule has 0 atom stereocenters. The van der Waals surface area contributed by atoms with Gasteiger partial charge in [0.1, 0.15) is 0 Å². The maximum Gasteiger partial charge on any atom is 0.472 e. The van der Waals surface area contributed by atoms with Crippen molar-refractivity contribution in [2.45, 2.75) is 156 Å². The van der Waals surface area contributed by atoms with E-state index < -0.39 is 7.82 Å². The van der Waals surface area contributed by atoms with Crippen molar-refractivity contribution in [2.75, 3.05) is 13.2 Å². The average Bonchev–Trinajstić information content (AvgIpc) is 2.74. The molecule has 0 aromatic rings. The van der Waals surface area contributed by atoms with Crippen LogP contribution in [0.25, 0.3) is 0 Å². The van der Waals surface area contributed by atoms with E-state index in [4.69, 9.17) is 9.05 Å². The summed E-state index contributed by atoms with van der Waals surface area (Å²) in [5.74, 6) is 1.67. The molecular formula is C28H59O4P. The molecule has 1 N–H and O–H groups in total. The SMILES string of the molecule is CC(C)CCCCCCCCCCCOP(=O)(O)OCCCCCCCCCCCC(C)C. The summed E-state index contributed by atoms with van der Waals surface area (Å²) in [6.45, 7) is 9.83. The summed E-state index contributed by atoms with van der Waals surface area (Å²) >= 11 is 0. The lowest BCUT2D eigenvalue weighted by atomic mass is 10.0. The molecule has 4 nitrogen and oxygen atoms in total. The van der Waals surface area contributed by atoms with Crippen LogP contribution in [-0.4, -0.2) is 18.1 Å². The zero-order valence-electron chi connectivity index (χ0n) is 22.8. The van der Waals surface area contributed by atoms with Gasteiger partial charge in [-0.25, -0.2) is 4.57 Å². The molecule has 0 amide bonds. The lowest BCUT2D eigenvalue weighted by Gasteiger charge is -2.12. The zero-order chi connectivity index (χ0) is 24.6. The smallest absolute Gasteiger partial charge is 0.302 e. The molecule has 0 fully saturated rings. The standard InChI is InChI=1S/C28H59O4P/c1-27(2)23-19-15-11-7-5-9-13-17-21-25-31-33(29,30)32-26-22-18-14-10-6-8-12-16-20-24-28(3)4/h27-28H,5-26H2,1-4H3,(H,29,30). The topological polar surface area (TPSA) is 55.8 Å². The van der Waals surface area contributed by atoms with Crippen LogP contribution >= 0.6 is 7.82 Å². The Morgan fingerprint density at radius 1 is 0.485 bits per heavy atom. The maximum absolute atomic E-state index is 11.9. The van der Waals surface area contributed by atoms with E-state index in [1.165, 1.54) is 103 Å². The molecular weight excluding hydrogens is 431 g/mol. The van der Waals surface area contributed by atoms with Gasteiger partial charge in [-0.05, 0) is 24.7 Å². The highest BCUT2D eigenvalue weighted by Gasteiger charge is 2.19. The third kappa shape index (κ3) is 28.2. The molecule has 0 aliphatic heterocycles. The van der Waals surface area contributed by atoms with Gasteiger partial charge in [-0.1, -0.05) is 143 Å². The monoisotopic (exact) mass is 490 g/mol. The van der Waals surface area contributed by atoms with E-state index >= 15 is 0 Å². The van der Waals surface area contributed by atoms with Crippen LogP contribution in [0.4, 0.5) is 0 Å². The van der Waals surface area contributed by atoms with E-state index in [0.717, 1.165) is 37.5 Å². The molecule has 0 aliphatic rings. The molecule has 0 aromatic carbocycles. The Hall–Kier alpha value is 0.110. The molecule has 5 heteroatoms. The third-order valence-electron chi connectivity index (χ3n) is 6.36. The van der Waals surface area contributed by atoms with Crippen LogP contribution in [0.1, 0.15) is 156 Å². The van der Waals surface area contributed by atoms with Gasteiger partial charge in [-0.3, -0.25) is 9.05 Å². The van der Waals surface area contributed by atoms with E-state index in [2.05, 4.69) is 27.7 Å². The highest BCUT2D eigenvalue weighted by Crippen LogP contribution is 2.43.